The van der Waals surface area contributed by atoms with Crippen LogP contribution >= 0.6 is 15.9 Å². The van der Waals surface area contributed by atoms with Gasteiger partial charge in [-0.1, -0.05) is 0 Å². The number of rotatable bonds is 0. The lowest BCUT2D eigenvalue weighted by Crippen LogP contribution is -2.42. The van der Waals surface area contributed by atoms with Gasteiger partial charge >= 0.3 is 6.09 Å². The van der Waals surface area contributed by atoms with Crippen LogP contribution in [0.25, 0.3) is 11.0 Å². The van der Waals surface area contributed by atoms with E-state index in [1.54, 1.807) is 4.90 Å². The fraction of sp³-hybridized carbons (Fsp3) is 0.500. The summed E-state index contributed by atoms with van der Waals surface area (Å²) in [7, 11) is 0. The molecule has 0 saturated heterocycles. The lowest BCUT2D eigenvalue weighted by Gasteiger charge is -2.34. The first kappa shape index (κ1) is 15.3. The molecule has 0 spiro atoms. The Morgan fingerprint density at radius 3 is 2.82 bits per heavy atom. The van der Waals surface area contributed by atoms with Crippen molar-refractivity contribution in [2.24, 2.45) is 0 Å². The van der Waals surface area contributed by atoms with E-state index in [-0.39, 0.29) is 12.1 Å². The highest BCUT2D eigenvalue weighted by molar-refractivity contribution is 9.10. The molecule has 2 aromatic rings. The Morgan fingerprint density at radius 1 is 1.41 bits per heavy atom. The number of nitrogens with zero attached hydrogens (tertiary/aromatic N) is 3. The molecule has 0 radical (unpaired) electrons. The number of pyridine rings is 1. The molecule has 0 aliphatic carbocycles. The molecule has 2 aromatic heterocycles. The summed E-state index contributed by atoms with van der Waals surface area (Å²) >= 11 is 3.42. The lowest BCUT2D eigenvalue weighted by molar-refractivity contribution is 0.0175. The number of halogens is 1. The predicted molar refractivity (Wildman–Crippen MR) is 88.8 cm³/mol. The van der Waals surface area contributed by atoms with E-state index in [9.17, 15) is 4.79 Å². The third-order valence-electron chi connectivity index (χ3n) is 3.66. The predicted octanol–water partition coefficient (Wildman–Crippen LogP) is 4.11. The molecule has 0 N–H and O–H groups in total. The van der Waals surface area contributed by atoms with Crippen molar-refractivity contribution >= 4 is 33.1 Å². The van der Waals surface area contributed by atoms with Gasteiger partial charge in [-0.3, -0.25) is 0 Å². The number of carbonyl (C=O) groups is 1. The molecular formula is C16H20BrN3O2. The van der Waals surface area contributed by atoms with Crippen LogP contribution in [-0.2, 0) is 11.3 Å². The third kappa shape index (κ3) is 2.84. The third-order valence-corrected chi connectivity index (χ3v) is 4.10. The second kappa shape index (κ2) is 5.26. The molecule has 0 saturated carbocycles. The van der Waals surface area contributed by atoms with Crippen LogP contribution in [0.2, 0.25) is 0 Å². The molecule has 1 unspecified atom stereocenters. The van der Waals surface area contributed by atoms with Gasteiger partial charge in [0, 0.05) is 17.6 Å². The minimum atomic E-state index is -0.475. The molecule has 1 aliphatic rings. The molecule has 1 atom stereocenters. The summed E-state index contributed by atoms with van der Waals surface area (Å²) < 4.78 is 8.52. The van der Waals surface area contributed by atoms with Crippen molar-refractivity contribution < 1.29 is 9.53 Å². The quantitative estimate of drug-likeness (QED) is 0.660. The molecule has 0 bridgehead atoms. The average molecular weight is 366 g/mol. The summed E-state index contributed by atoms with van der Waals surface area (Å²) in [4.78, 5) is 18.6. The van der Waals surface area contributed by atoms with Gasteiger partial charge in [0.15, 0.2) is 0 Å². The van der Waals surface area contributed by atoms with Gasteiger partial charge in [-0.2, -0.15) is 0 Å². The molecule has 3 rings (SSSR count). The Balaban J connectivity index is 1.93. The van der Waals surface area contributed by atoms with Crippen LogP contribution in [0.5, 0.6) is 0 Å². The molecule has 5 nitrogen and oxygen atoms in total. The number of ether oxygens (including phenoxy) is 1. The Kier molecular flexibility index (Phi) is 3.67. The van der Waals surface area contributed by atoms with Gasteiger partial charge in [0.2, 0.25) is 0 Å². The molecular weight excluding hydrogens is 346 g/mol. The fourth-order valence-electron chi connectivity index (χ4n) is 2.87. The van der Waals surface area contributed by atoms with Crippen molar-refractivity contribution in [2.75, 3.05) is 6.54 Å². The minimum Gasteiger partial charge on any atom is -0.444 e. The first-order valence-corrected chi connectivity index (χ1v) is 8.18. The van der Waals surface area contributed by atoms with E-state index in [1.807, 2.05) is 32.9 Å². The van der Waals surface area contributed by atoms with Gasteiger partial charge in [-0.15, -0.1) is 0 Å². The average Bonchev–Trinajstić information content (AvgIpc) is 2.74. The highest BCUT2D eigenvalue weighted by Crippen LogP contribution is 2.30. The standard InChI is InChI=1S/C16H20BrN3O2/c1-10-8-19(15(21)22-16(2,3)4)9-12-7-11-5-6-13(17)18-14(11)20(10)12/h5-7,10H,8-9H2,1-4H3. The number of aromatic nitrogens is 2. The van der Waals surface area contributed by atoms with E-state index in [0.29, 0.717) is 13.1 Å². The van der Waals surface area contributed by atoms with E-state index >= 15 is 0 Å². The molecule has 0 fully saturated rings. The van der Waals surface area contributed by atoms with E-state index in [2.05, 4.69) is 38.5 Å². The van der Waals surface area contributed by atoms with Crippen molar-refractivity contribution in [1.29, 1.82) is 0 Å². The zero-order valence-electron chi connectivity index (χ0n) is 13.3. The highest BCUT2D eigenvalue weighted by Gasteiger charge is 2.30. The van der Waals surface area contributed by atoms with Crippen LogP contribution in [0.3, 0.4) is 0 Å². The molecule has 1 aliphatic heterocycles. The molecule has 22 heavy (non-hydrogen) atoms. The summed E-state index contributed by atoms with van der Waals surface area (Å²) in [5.41, 5.74) is 1.57. The van der Waals surface area contributed by atoms with Gasteiger partial charge in [-0.05, 0) is 61.8 Å². The van der Waals surface area contributed by atoms with Gasteiger partial charge < -0.3 is 14.2 Å². The first-order valence-electron chi connectivity index (χ1n) is 7.39. The second-order valence-corrected chi connectivity index (χ2v) is 7.57. The van der Waals surface area contributed by atoms with E-state index < -0.39 is 5.60 Å². The van der Waals surface area contributed by atoms with E-state index in [4.69, 9.17) is 4.74 Å². The Morgan fingerprint density at radius 2 is 2.14 bits per heavy atom. The number of hydrogen-bond acceptors (Lipinski definition) is 3. The molecule has 6 heteroatoms. The molecule has 1 amide bonds. The smallest absolute Gasteiger partial charge is 0.410 e. The summed E-state index contributed by atoms with van der Waals surface area (Å²) in [5, 5.41) is 1.09. The minimum absolute atomic E-state index is 0.163. The van der Waals surface area contributed by atoms with E-state index in [1.165, 1.54) is 0 Å². The Hall–Kier alpha value is -1.56. The first-order chi connectivity index (χ1) is 10.2. The van der Waals surface area contributed by atoms with Crippen molar-refractivity contribution in [3.8, 4) is 0 Å². The molecule has 3 heterocycles. The van der Waals surface area contributed by atoms with Crippen molar-refractivity contribution in [2.45, 2.75) is 45.9 Å². The number of hydrogen-bond donors (Lipinski definition) is 0. The number of fused-ring (bicyclic) bond motifs is 3. The Labute approximate surface area is 138 Å². The monoisotopic (exact) mass is 365 g/mol. The van der Waals surface area contributed by atoms with Crippen LogP contribution in [-0.4, -0.2) is 32.7 Å². The summed E-state index contributed by atoms with van der Waals surface area (Å²) in [6.45, 7) is 8.93. The van der Waals surface area contributed by atoms with Gasteiger partial charge in [0.05, 0.1) is 12.6 Å². The van der Waals surface area contributed by atoms with Crippen LogP contribution in [0.15, 0.2) is 22.8 Å². The maximum atomic E-state index is 12.3. The van der Waals surface area contributed by atoms with E-state index in [0.717, 1.165) is 21.3 Å². The van der Waals surface area contributed by atoms with Crippen LogP contribution in [0.1, 0.15) is 39.4 Å². The molecule has 0 aromatic carbocycles. The van der Waals surface area contributed by atoms with Crippen LogP contribution in [0, 0.1) is 0 Å². The maximum absolute atomic E-state index is 12.3. The number of carbonyl (C=O) groups excluding carboxylic acids is 1. The van der Waals surface area contributed by atoms with Gasteiger partial charge in [-0.25, -0.2) is 9.78 Å². The topological polar surface area (TPSA) is 47.4 Å². The van der Waals surface area contributed by atoms with Crippen molar-refractivity contribution in [3.63, 3.8) is 0 Å². The zero-order chi connectivity index (χ0) is 16.1. The van der Waals surface area contributed by atoms with Crippen molar-refractivity contribution in [3.05, 3.63) is 28.5 Å². The summed E-state index contributed by atoms with van der Waals surface area (Å²) in [5.74, 6) is 0. The van der Waals surface area contributed by atoms with Gasteiger partial charge in [0.25, 0.3) is 0 Å². The zero-order valence-corrected chi connectivity index (χ0v) is 14.8. The van der Waals surface area contributed by atoms with Crippen molar-refractivity contribution in [1.82, 2.24) is 14.5 Å². The number of amides is 1. The van der Waals surface area contributed by atoms with Gasteiger partial charge in [0.1, 0.15) is 15.9 Å². The summed E-state index contributed by atoms with van der Waals surface area (Å²) in [6.07, 6.45) is -0.259. The largest absolute Gasteiger partial charge is 0.444 e. The lowest BCUT2D eigenvalue weighted by atomic mass is 10.2. The molecule has 118 valence electrons. The summed E-state index contributed by atoms with van der Waals surface area (Å²) in [6, 6.07) is 6.24. The second-order valence-electron chi connectivity index (χ2n) is 6.76. The normalized spacial score (nSPS) is 18.4. The maximum Gasteiger partial charge on any atom is 0.410 e. The Bertz CT molecular complexity index is 733. The SMILES string of the molecule is CC1CN(C(=O)OC(C)(C)C)Cc2cc3ccc(Br)nc3n21. The fourth-order valence-corrected chi connectivity index (χ4v) is 3.17. The van der Waals surface area contributed by atoms with Crippen LogP contribution in [0.4, 0.5) is 4.79 Å². The van der Waals surface area contributed by atoms with Crippen LogP contribution < -0.4 is 0 Å². The highest BCUT2D eigenvalue weighted by atomic mass is 79.9.